The third-order valence-electron chi connectivity index (χ3n) is 3.46. The Morgan fingerprint density at radius 3 is 2.94 bits per heavy atom. The molecule has 0 radical (unpaired) electrons. The van der Waals surface area contributed by atoms with Gasteiger partial charge in [-0.05, 0) is 24.5 Å². The summed E-state index contributed by atoms with van der Waals surface area (Å²) in [6, 6.07) is 8.29. The number of para-hydroxylation sites is 1. The predicted molar refractivity (Wildman–Crippen MR) is 67.6 cm³/mol. The number of benzene rings is 1. The van der Waals surface area contributed by atoms with Gasteiger partial charge in [0.15, 0.2) is 6.10 Å². The highest BCUT2D eigenvalue weighted by atomic mass is 32.1. The molecule has 1 aliphatic heterocycles. The van der Waals surface area contributed by atoms with E-state index in [1.165, 1.54) is 24.1 Å². The molecule has 0 amide bonds. The Kier molecular flexibility index (Phi) is 2.03. The van der Waals surface area contributed by atoms with Crippen molar-refractivity contribution in [3.05, 3.63) is 45.9 Å². The Morgan fingerprint density at radius 1 is 1.24 bits per heavy atom. The summed E-state index contributed by atoms with van der Waals surface area (Å²) in [5, 5.41) is 3.35. The molecule has 1 unspecified atom stereocenters. The Hall–Kier alpha value is -1.35. The number of ether oxygens (including phenoxy) is 1. The first-order valence-electron chi connectivity index (χ1n) is 6.10. The second-order valence-electron chi connectivity index (χ2n) is 4.80. The van der Waals surface area contributed by atoms with E-state index >= 15 is 0 Å². The summed E-state index contributed by atoms with van der Waals surface area (Å²) in [6.07, 6.45) is 3.74. The quantitative estimate of drug-likeness (QED) is 0.802. The van der Waals surface area contributed by atoms with Crippen LogP contribution in [0.2, 0.25) is 0 Å². The standard InChI is InChI=1S/C14H13NOS/c1-2-4-12-10(3-1)7-13(16-12)14-15-11(8-17-14)9-5-6-9/h1-4,8-9,13H,5-7H2. The molecule has 86 valence electrons. The molecule has 17 heavy (non-hydrogen) atoms. The molecular formula is C14H13NOS. The van der Waals surface area contributed by atoms with Gasteiger partial charge in [0, 0.05) is 17.7 Å². The zero-order valence-electron chi connectivity index (χ0n) is 9.43. The molecule has 1 aliphatic carbocycles. The minimum Gasteiger partial charge on any atom is -0.483 e. The van der Waals surface area contributed by atoms with Gasteiger partial charge in [0.25, 0.3) is 0 Å². The summed E-state index contributed by atoms with van der Waals surface area (Å²) < 4.78 is 5.95. The van der Waals surface area contributed by atoms with Gasteiger partial charge in [-0.15, -0.1) is 11.3 Å². The number of nitrogens with zero attached hydrogens (tertiary/aromatic N) is 1. The molecule has 1 fully saturated rings. The van der Waals surface area contributed by atoms with Gasteiger partial charge in [-0.25, -0.2) is 4.98 Å². The van der Waals surface area contributed by atoms with Crippen molar-refractivity contribution in [2.75, 3.05) is 0 Å². The molecule has 0 saturated heterocycles. The van der Waals surface area contributed by atoms with Crippen LogP contribution >= 0.6 is 11.3 Å². The minimum atomic E-state index is 0.143. The Bertz CT molecular complexity index is 534. The van der Waals surface area contributed by atoms with Crippen molar-refractivity contribution in [3.63, 3.8) is 0 Å². The van der Waals surface area contributed by atoms with Gasteiger partial charge in [0.1, 0.15) is 10.8 Å². The summed E-state index contributed by atoms with van der Waals surface area (Å²) >= 11 is 1.75. The maximum Gasteiger partial charge on any atom is 0.154 e. The van der Waals surface area contributed by atoms with E-state index in [0.29, 0.717) is 0 Å². The van der Waals surface area contributed by atoms with Gasteiger partial charge < -0.3 is 4.74 Å². The molecule has 4 rings (SSSR count). The van der Waals surface area contributed by atoms with Crippen LogP contribution in [0.5, 0.6) is 5.75 Å². The van der Waals surface area contributed by atoms with Crippen LogP contribution in [-0.4, -0.2) is 4.98 Å². The number of aromatic nitrogens is 1. The van der Waals surface area contributed by atoms with E-state index in [9.17, 15) is 0 Å². The van der Waals surface area contributed by atoms with Crippen molar-refractivity contribution in [3.8, 4) is 5.75 Å². The summed E-state index contributed by atoms with van der Waals surface area (Å²) in [5.74, 6) is 1.77. The number of rotatable bonds is 2. The van der Waals surface area contributed by atoms with E-state index in [1.807, 2.05) is 12.1 Å². The van der Waals surface area contributed by atoms with Gasteiger partial charge in [0.05, 0.1) is 5.69 Å². The van der Waals surface area contributed by atoms with E-state index in [0.717, 1.165) is 23.1 Å². The van der Waals surface area contributed by atoms with Crippen LogP contribution in [-0.2, 0) is 6.42 Å². The predicted octanol–water partition coefficient (Wildman–Crippen LogP) is 3.70. The van der Waals surface area contributed by atoms with Crippen molar-refractivity contribution in [2.24, 2.45) is 0 Å². The average molecular weight is 243 g/mol. The third kappa shape index (κ3) is 1.65. The molecule has 0 bridgehead atoms. The van der Waals surface area contributed by atoms with Crippen LogP contribution in [0, 0.1) is 0 Å². The molecule has 0 N–H and O–H groups in total. The minimum absolute atomic E-state index is 0.143. The van der Waals surface area contributed by atoms with Crippen molar-refractivity contribution in [1.29, 1.82) is 0 Å². The highest BCUT2D eigenvalue weighted by Gasteiger charge is 2.30. The molecule has 2 aromatic rings. The SMILES string of the molecule is c1ccc2c(c1)CC(c1nc(C3CC3)cs1)O2. The lowest BCUT2D eigenvalue weighted by Gasteiger charge is -2.06. The summed E-state index contributed by atoms with van der Waals surface area (Å²) in [5.41, 5.74) is 2.59. The van der Waals surface area contributed by atoms with Crippen molar-refractivity contribution in [2.45, 2.75) is 31.3 Å². The fourth-order valence-corrected chi connectivity index (χ4v) is 3.26. The summed E-state index contributed by atoms with van der Waals surface area (Å²) in [6.45, 7) is 0. The fraction of sp³-hybridized carbons (Fsp3) is 0.357. The second-order valence-corrected chi connectivity index (χ2v) is 5.69. The molecule has 1 aromatic heterocycles. The highest BCUT2D eigenvalue weighted by molar-refractivity contribution is 7.09. The largest absolute Gasteiger partial charge is 0.483 e. The maximum absolute atomic E-state index is 5.95. The summed E-state index contributed by atoms with van der Waals surface area (Å²) in [7, 11) is 0. The Balaban J connectivity index is 1.60. The summed E-state index contributed by atoms with van der Waals surface area (Å²) in [4.78, 5) is 4.73. The lowest BCUT2D eigenvalue weighted by Crippen LogP contribution is -2.02. The van der Waals surface area contributed by atoms with Crippen LogP contribution < -0.4 is 4.74 Å². The molecule has 1 saturated carbocycles. The van der Waals surface area contributed by atoms with Gasteiger partial charge >= 0.3 is 0 Å². The number of fused-ring (bicyclic) bond motifs is 1. The first-order chi connectivity index (χ1) is 8.40. The maximum atomic E-state index is 5.95. The van der Waals surface area contributed by atoms with Crippen molar-refractivity contribution < 1.29 is 4.74 Å². The highest BCUT2D eigenvalue weighted by Crippen LogP contribution is 2.43. The van der Waals surface area contributed by atoms with E-state index in [4.69, 9.17) is 9.72 Å². The average Bonchev–Trinajstić information content (AvgIpc) is 2.94. The first kappa shape index (κ1) is 9.66. The molecule has 2 heterocycles. The molecular weight excluding hydrogens is 230 g/mol. The number of hydrogen-bond donors (Lipinski definition) is 0. The van der Waals surface area contributed by atoms with E-state index < -0.39 is 0 Å². The fourth-order valence-electron chi connectivity index (χ4n) is 2.34. The van der Waals surface area contributed by atoms with Crippen molar-refractivity contribution in [1.82, 2.24) is 4.98 Å². The zero-order chi connectivity index (χ0) is 11.2. The van der Waals surface area contributed by atoms with E-state index in [1.54, 1.807) is 11.3 Å². The van der Waals surface area contributed by atoms with Gasteiger partial charge in [0.2, 0.25) is 0 Å². The van der Waals surface area contributed by atoms with E-state index in [-0.39, 0.29) is 6.10 Å². The molecule has 1 aromatic carbocycles. The van der Waals surface area contributed by atoms with Gasteiger partial charge in [-0.2, -0.15) is 0 Å². The van der Waals surface area contributed by atoms with E-state index in [2.05, 4.69) is 17.5 Å². The molecule has 1 atom stereocenters. The zero-order valence-corrected chi connectivity index (χ0v) is 10.2. The smallest absolute Gasteiger partial charge is 0.154 e. The molecule has 3 heteroatoms. The Labute approximate surface area is 104 Å². The lowest BCUT2D eigenvalue weighted by molar-refractivity contribution is 0.238. The third-order valence-corrected chi connectivity index (χ3v) is 4.41. The van der Waals surface area contributed by atoms with Crippen LogP contribution in [0.25, 0.3) is 0 Å². The van der Waals surface area contributed by atoms with Gasteiger partial charge in [-0.3, -0.25) is 0 Å². The normalized spacial score (nSPS) is 22.2. The van der Waals surface area contributed by atoms with Crippen LogP contribution in [0.4, 0.5) is 0 Å². The molecule has 2 aliphatic rings. The van der Waals surface area contributed by atoms with Crippen molar-refractivity contribution >= 4 is 11.3 Å². The Morgan fingerprint density at radius 2 is 2.12 bits per heavy atom. The van der Waals surface area contributed by atoms with Crippen LogP contribution in [0.3, 0.4) is 0 Å². The number of thiazole rings is 1. The molecule has 2 nitrogen and oxygen atoms in total. The lowest BCUT2D eigenvalue weighted by atomic mass is 10.1. The first-order valence-corrected chi connectivity index (χ1v) is 6.98. The monoisotopic (exact) mass is 243 g/mol. The molecule has 0 spiro atoms. The topological polar surface area (TPSA) is 22.1 Å². The van der Waals surface area contributed by atoms with Gasteiger partial charge in [-0.1, -0.05) is 18.2 Å². The second kappa shape index (κ2) is 3.57. The van der Waals surface area contributed by atoms with Crippen LogP contribution in [0.15, 0.2) is 29.6 Å². The number of hydrogen-bond acceptors (Lipinski definition) is 3. The van der Waals surface area contributed by atoms with Crippen LogP contribution in [0.1, 0.15) is 41.1 Å².